The highest BCUT2D eigenvalue weighted by Crippen LogP contribution is 2.38. The van der Waals surface area contributed by atoms with Gasteiger partial charge in [-0.15, -0.1) is 11.3 Å². The van der Waals surface area contributed by atoms with Gasteiger partial charge in [-0.05, 0) is 18.2 Å². The zero-order valence-corrected chi connectivity index (χ0v) is 15.8. The topological polar surface area (TPSA) is 92.5 Å². The first-order valence-electron chi connectivity index (χ1n) is 7.65. The summed E-state index contributed by atoms with van der Waals surface area (Å²) in [6.07, 6.45) is 2.24. The molecule has 0 fully saturated rings. The van der Waals surface area contributed by atoms with Crippen LogP contribution in [-0.4, -0.2) is 41.1 Å². The fourth-order valence-electron chi connectivity index (χ4n) is 2.49. The number of nitrogens with zero attached hydrogens (tertiary/aromatic N) is 3. The smallest absolute Gasteiger partial charge is 0.407 e. The van der Waals surface area contributed by atoms with Crippen molar-refractivity contribution in [3.63, 3.8) is 0 Å². The Morgan fingerprint density at radius 3 is 2.58 bits per heavy atom. The van der Waals surface area contributed by atoms with Gasteiger partial charge in [-0.2, -0.15) is 0 Å². The number of hydrogen-bond donors (Lipinski definition) is 1. The maximum Gasteiger partial charge on any atom is 0.407 e. The maximum absolute atomic E-state index is 13.1. The van der Waals surface area contributed by atoms with Crippen LogP contribution in [0.15, 0.2) is 57.9 Å². The first-order valence-corrected chi connectivity index (χ1v) is 9.95. The summed E-state index contributed by atoms with van der Waals surface area (Å²) in [6.45, 7) is 0.0989. The van der Waals surface area contributed by atoms with Crippen LogP contribution in [0.2, 0.25) is 0 Å². The van der Waals surface area contributed by atoms with Gasteiger partial charge in [-0.25, -0.2) is 18.2 Å². The summed E-state index contributed by atoms with van der Waals surface area (Å²) in [5, 5.41) is 9.08. The van der Waals surface area contributed by atoms with Gasteiger partial charge in [0.15, 0.2) is 0 Å². The Hall–Kier alpha value is -2.65. The van der Waals surface area contributed by atoms with E-state index in [1.807, 2.05) is 0 Å². The maximum atomic E-state index is 13.1. The third-order valence-electron chi connectivity index (χ3n) is 3.83. The molecule has 136 valence electrons. The second-order valence-corrected chi connectivity index (χ2v) is 9.01. The minimum absolute atomic E-state index is 0.0989. The molecule has 0 spiro atoms. The van der Waals surface area contributed by atoms with Crippen molar-refractivity contribution in [3.05, 3.63) is 53.7 Å². The monoisotopic (exact) mass is 391 g/mol. The summed E-state index contributed by atoms with van der Waals surface area (Å²) >= 11 is 1.07. The van der Waals surface area contributed by atoms with E-state index in [-0.39, 0.29) is 15.6 Å². The summed E-state index contributed by atoms with van der Waals surface area (Å²) in [7, 11) is -0.530. The van der Waals surface area contributed by atoms with Crippen molar-refractivity contribution in [2.24, 2.45) is 7.05 Å². The number of imidazole rings is 1. The minimum Gasteiger partial charge on any atom is -0.465 e. The second kappa shape index (κ2) is 6.93. The summed E-state index contributed by atoms with van der Waals surface area (Å²) in [4.78, 5) is 17.3. The highest BCUT2D eigenvalue weighted by Gasteiger charge is 2.27. The molecular weight excluding hydrogens is 374 g/mol. The van der Waals surface area contributed by atoms with Gasteiger partial charge in [0.05, 0.1) is 11.4 Å². The highest BCUT2D eigenvalue weighted by atomic mass is 32.2. The molecule has 3 rings (SSSR count). The van der Waals surface area contributed by atoms with Crippen LogP contribution < -0.4 is 0 Å². The molecule has 0 aliphatic heterocycles. The van der Waals surface area contributed by atoms with E-state index >= 15 is 0 Å². The van der Waals surface area contributed by atoms with Crippen molar-refractivity contribution in [3.8, 4) is 11.4 Å². The standard InChI is InChI=1S/C17H17N3O4S2/c1-19-9-8-18-15(19)14-10-12(11-20(2)17(21)22)25-16(14)26(23,24)13-6-4-3-5-7-13/h3-10H,11H2,1-2H3,(H,21,22). The number of carbonyl (C=O) groups is 1. The average Bonchev–Trinajstić information content (AvgIpc) is 3.21. The molecule has 0 atom stereocenters. The number of hydrogen-bond acceptors (Lipinski definition) is 5. The number of benzene rings is 1. The minimum atomic E-state index is -3.75. The molecule has 1 amide bonds. The molecule has 26 heavy (non-hydrogen) atoms. The number of carboxylic acid groups (broad SMARTS) is 1. The van der Waals surface area contributed by atoms with Gasteiger partial charge >= 0.3 is 6.09 Å². The first-order chi connectivity index (χ1) is 12.3. The van der Waals surface area contributed by atoms with Crippen LogP contribution in [-0.2, 0) is 23.4 Å². The van der Waals surface area contributed by atoms with Crippen LogP contribution in [0.25, 0.3) is 11.4 Å². The van der Waals surface area contributed by atoms with Gasteiger partial charge < -0.3 is 14.6 Å². The number of thiophene rings is 1. The third kappa shape index (κ3) is 3.35. The Bertz CT molecular complexity index is 1040. The molecule has 0 saturated carbocycles. The molecule has 0 radical (unpaired) electrons. The first kappa shape index (κ1) is 18.2. The van der Waals surface area contributed by atoms with E-state index < -0.39 is 15.9 Å². The number of amides is 1. The molecule has 0 aliphatic carbocycles. The Labute approximate surface area is 155 Å². The van der Waals surface area contributed by atoms with Crippen molar-refractivity contribution in [1.29, 1.82) is 0 Å². The second-order valence-electron chi connectivity index (χ2n) is 5.73. The van der Waals surface area contributed by atoms with Gasteiger partial charge in [0.2, 0.25) is 9.84 Å². The molecule has 2 heterocycles. The van der Waals surface area contributed by atoms with Crippen LogP contribution in [0.4, 0.5) is 4.79 Å². The molecule has 0 saturated heterocycles. The molecular formula is C17H17N3O4S2. The van der Waals surface area contributed by atoms with E-state index in [0.29, 0.717) is 16.3 Å². The van der Waals surface area contributed by atoms with Crippen LogP contribution >= 0.6 is 11.3 Å². The predicted octanol–water partition coefficient (Wildman–Crippen LogP) is 3.09. The Morgan fingerprint density at radius 1 is 1.31 bits per heavy atom. The Balaban J connectivity index is 2.15. The molecule has 9 heteroatoms. The van der Waals surface area contributed by atoms with E-state index in [1.165, 1.54) is 7.05 Å². The zero-order valence-electron chi connectivity index (χ0n) is 14.2. The van der Waals surface area contributed by atoms with Crippen molar-refractivity contribution < 1.29 is 18.3 Å². The lowest BCUT2D eigenvalue weighted by molar-refractivity contribution is 0.154. The summed E-state index contributed by atoms with van der Waals surface area (Å²) in [5.74, 6) is 0.514. The third-order valence-corrected chi connectivity index (χ3v) is 7.25. The number of aryl methyl sites for hydroxylation is 1. The molecule has 3 aromatic rings. The molecule has 7 nitrogen and oxygen atoms in total. The van der Waals surface area contributed by atoms with Crippen LogP contribution in [0.3, 0.4) is 0 Å². The van der Waals surface area contributed by atoms with Gasteiger partial charge in [0, 0.05) is 36.9 Å². The fourth-order valence-corrected chi connectivity index (χ4v) is 5.64. The highest BCUT2D eigenvalue weighted by molar-refractivity contribution is 7.93. The number of sulfone groups is 1. The molecule has 0 aliphatic rings. The zero-order chi connectivity index (χ0) is 18.9. The summed E-state index contributed by atoms with van der Waals surface area (Å²) in [6, 6.07) is 9.86. The lowest BCUT2D eigenvalue weighted by Crippen LogP contribution is -2.23. The lowest BCUT2D eigenvalue weighted by atomic mass is 10.3. The van der Waals surface area contributed by atoms with E-state index in [4.69, 9.17) is 5.11 Å². The Morgan fingerprint density at radius 2 is 2.00 bits per heavy atom. The average molecular weight is 391 g/mol. The molecule has 0 bridgehead atoms. The van der Waals surface area contributed by atoms with Crippen LogP contribution in [0.1, 0.15) is 4.88 Å². The number of aromatic nitrogens is 2. The SMILES string of the molecule is CN(Cc1cc(-c2nccn2C)c(S(=O)(=O)c2ccccc2)s1)C(=O)O. The lowest BCUT2D eigenvalue weighted by Gasteiger charge is -2.10. The van der Waals surface area contributed by atoms with E-state index in [0.717, 1.165) is 16.2 Å². The summed E-state index contributed by atoms with van der Waals surface area (Å²) in [5.41, 5.74) is 0.472. The van der Waals surface area contributed by atoms with E-state index in [1.54, 1.807) is 60.4 Å². The number of rotatable bonds is 5. The quantitative estimate of drug-likeness (QED) is 0.721. The Kier molecular flexibility index (Phi) is 4.84. The van der Waals surface area contributed by atoms with Crippen LogP contribution in [0, 0.1) is 0 Å². The van der Waals surface area contributed by atoms with Gasteiger partial charge in [-0.3, -0.25) is 0 Å². The normalized spacial score (nSPS) is 11.5. The van der Waals surface area contributed by atoms with Gasteiger partial charge in [-0.1, -0.05) is 18.2 Å². The molecule has 1 aromatic carbocycles. The molecule has 1 N–H and O–H groups in total. The van der Waals surface area contributed by atoms with Crippen molar-refractivity contribution >= 4 is 27.3 Å². The fraction of sp³-hybridized carbons (Fsp3) is 0.176. The molecule has 2 aromatic heterocycles. The van der Waals surface area contributed by atoms with E-state index in [9.17, 15) is 13.2 Å². The molecule has 0 unspecified atom stereocenters. The van der Waals surface area contributed by atoms with Crippen molar-refractivity contribution in [2.75, 3.05) is 7.05 Å². The van der Waals surface area contributed by atoms with E-state index in [2.05, 4.69) is 4.98 Å². The van der Waals surface area contributed by atoms with Crippen molar-refractivity contribution in [2.45, 2.75) is 15.6 Å². The van der Waals surface area contributed by atoms with Crippen molar-refractivity contribution in [1.82, 2.24) is 14.5 Å². The summed E-state index contributed by atoms with van der Waals surface area (Å²) < 4.78 is 28.2. The largest absolute Gasteiger partial charge is 0.465 e. The van der Waals surface area contributed by atoms with Crippen LogP contribution in [0.5, 0.6) is 0 Å². The predicted molar refractivity (Wildman–Crippen MR) is 97.9 cm³/mol. The van der Waals surface area contributed by atoms with Gasteiger partial charge in [0.25, 0.3) is 0 Å². The van der Waals surface area contributed by atoms with Gasteiger partial charge in [0.1, 0.15) is 10.0 Å².